The van der Waals surface area contributed by atoms with Crippen molar-refractivity contribution in [2.45, 2.75) is 38.3 Å². The van der Waals surface area contributed by atoms with Crippen molar-refractivity contribution in [2.75, 3.05) is 13.1 Å². The number of halogens is 3. The maximum atomic E-state index is 11.9. The first-order valence-corrected chi connectivity index (χ1v) is 7.31. The normalized spacial score (nSPS) is 14.8. The number of nitrogens with zero attached hydrogens (tertiary/aromatic N) is 1. The molecule has 1 aromatic rings. The summed E-state index contributed by atoms with van der Waals surface area (Å²) in [6.07, 6.45) is 0.585. The molecule has 8 heteroatoms. The lowest BCUT2D eigenvalue weighted by Crippen LogP contribution is -2.41. The molecule has 1 aromatic heterocycles. The molecule has 0 aromatic carbocycles. The summed E-state index contributed by atoms with van der Waals surface area (Å²) < 4.78 is 35.6. The van der Waals surface area contributed by atoms with Crippen LogP contribution < -0.4 is 10.6 Å². The minimum Gasteiger partial charge on any atom is -0.338 e. The van der Waals surface area contributed by atoms with Crippen LogP contribution in [0, 0.1) is 0 Å². The largest absolute Gasteiger partial charge is 0.405 e. The zero-order valence-electron chi connectivity index (χ0n) is 10.8. The van der Waals surface area contributed by atoms with Crippen molar-refractivity contribution in [3.8, 4) is 0 Å². The van der Waals surface area contributed by atoms with Gasteiger partial charge in [-0.1, -0.05) is 0 Å². The molecule has 1 aliphatic rings. The van der Waals surface area contributed by atoms with E-state index in [0.717, 1.165) is 30.0 Å². The number of thiazole rings is 1. The third kappa shape index (κ3) is 4.66. The van der Waals surface area contributed by atoms with Crippen LogP contribution in [0.5, 0.6) is 0 Å². The average molecular weight is 307 g/mol. The van der Waals surface area contributed by atoms with Crippen molar-refractivity contribution in [1.82, 2.24) is 15.6 Å². The van der Waals surface area contributed by atoms with Gasteiger partial charge in [-0.05, 0) is 25.7 Å². The predicted molar refractivity (Wildman–Crippen MR) is 69.9 cm³/mol. The molecule has 0 bridgehead atoms. The van der Waals surface area contributed by atoms with Gasteiger partial charge >= 0.3 is 12.2 Å². The number of hydrogen-bond acceptors (Lipinski definition) is 3. The Hall–Kier alpha value is -1.31. The molecule has 2 rings (SSSR count). The van der Waals surface area contributed by atoms with E-state index in [4.69, 9.17) is 0 Å². The summed E-state index contributed by atoms with van der Waals surface area (Å²) in [5.74, 6) is 0. The Kier molecular flexibility index (Phi) is 4.85. The van der Waals surface area contributed by atoms with Gasteiger partial charge in [0.1, 0.15) is 6.54 Å². The summed E-state index contributed by atoms with van der Waals surface area (Å²) in [4.78, 5) is 16.9. The zero-order chi connectivity index (χ0) is 14.6. The SMILES string of the molecule is O=C(NCCc1nc2c(s1)CCCC2)NCC(F)(F)F. The molecule has 112 valence electrons. The Bertz CT molecular complexity index is 450. The van der Waals surface area contributed by atoms with E-state index < -0.39 is 18.8 Å². The monoisotopic (exact) mass is 307 g/mol. The highest BCUT2D eigenvalue weighted by molar-refractivity contribution is 7.11. The topological polar surface area (TPSA) is 54.0 Å². The molecule has 20 heavy (non-hydrogen) atoms. The van der Waals surface area contributed by atoms with Crippen molar-refractivity contribution in [2.24, 2.45) is 0 Å². The van der Waals surface area contributed by atoms with Gasteiger partial charge in [-0.2, -0.15) is 13.2 Å². The van der Waals surface area contributed by atoms with Crippen molar-refractivity contribution in [3.05, 3.63) is 15.6 Å². The Morgan fingerprint density at radius 2 is 2.00 bits per heavy atom. The lowest BCUT2D eigenvalue weighted by atomic mass is 10.0. The van der Waals surface area contributed by atoms with E-state index in [0.29, 0.717) is 6.42 Å². The number of aromatic nitrogens is 1. The van der Waals surface area contributed by atoms with Gasteiger partial charge in [-0.25, -0.2) is 9.78 Å². The first-order chi connectivity index (χ1) is 9.44. The number of amides is 2. The van der Waals surface area contributed by atoms with Crippen LogP contribution >= 0.6 is 11.3 Å². The van der Waals surface area contributed by atoms with E-state index in [2.05, 4.69) is 10.3 Å². The summed E-state index contributed by atoms with van der Waals surface area (Å²) in [5.41, 5.74) is 1.15. The fourth-order valence-electron chi connectivity index (χ4n) is 2.04. The van der Waals surface area contributed by atoms with Crippen LogP contribution in [0.1, 0.15) is 28.4 Å². The lowest BCUT2D eigenvalue weighted by molar-refractivity contribution is -0.122. The van der Waals surface area contributed by atoms with Gasteiger partial charge in [-0.15, -0.1) is 11.3 Å². The number of alkyl halides is 3. The Morgan fingerprint density at radius 3 is 2.70 bits per heavy atom. The Morgan fingerprint density at radius 1 is 1.25 bits per heavy atom. The van der Waals surface area contributed by atoms with Crippen LogP contribution in [-0.4, -0.2) is 30.3 Å². The maximum Gasteiger partial charge on any atom is 0.405 e. The van der Waals surface area contributed by atoms with Crippen LogP contribution in [-0.2, 0) is 19.3 Å². The molecule has 0 radical (unpaired) electrons. The smallest absolute Gasteiger partial charge is 0.338 e. The molecule has 0 unspecified atom stereocenters. The van der Waals surface area contributed by atoms with E-state index >= 15 is 0 Å². The summed E-state index contributed by atoms with van der Waals surface area (Å²) in [6, 6.07) is -0.802. The third-order valence-corrected chi connectivity index (χ3v) is 4.18. The van der Waals surface area contributed by atoms with Crippen LogP contribution in [0.3, 0.4) is 0 Å². The molecule has 0 aliphatic heterocycles. The van der Waals surface area contributed by atoms with Gasteiger partial charge in [-0.3, -0.25) is 0 Å². The highest BCUT2D eigenvalue weighted by Crippen LogP contribution is 2.26. The fourth-order valence-corrected chi connectivity index (χ4v) is 3.19. The fraction of sp³-hybridized carbons (Fsp3) is 0.667. The molecule has 2 amide bonds. The van der Waals surface area contributed by atoms with Crippen LogP contribution in [0.4, 0.5) is 18.0 Å². The molecule has 1 aliphatic carbocycles. The van der Waals surface area contributed by atoms with E-state index in [1.54, 1.807) is 16.7 Å². The highest BCUT2D eigenvalue weighted by Gasteiger charge is 2.27. The van der Waals surface area contributed by atoms with Gasteiger partial charge in [0, 0.05) is 17.8 Å². The minimum absolute atomic E-state index is 0.288. The van der Waals surface area contributed by atoms with Crippen molar-refractivity contribution >= 4 is 17.4 Å². The van der Waals surface area contributed by atoms with Crippen molar-refractivity contribution < 1.29 is 18.0 Å². The second-order valence-corrected chi connectivity index (χ2v) is 5.83. The molecule has 0 saturated carbocycles. The Labute approximate surface area is 118 Å². The minimum atomic E-state index is -4.38. The van der Waals surface area contributed by atoms with E-state index in [1.807, 2.05) is 0 Å². The summed E-state index contributed by atoms with van der Waals surface area (Å²) in [6.45, 7) is -1.03. The number of carbonyl (C=O) groups excluding carboxylic acids is 1. The van der Waals surface area contributed by atoms with Gasteiger partial charge < -0.3 is 10.6 Å². The molecule has 1 heterocycles. The summed E-state index contributed by atoms with van der Waals surface area (Å²) in [7, 11) is 0. The molecule has 0 spiro atoms. The van der Waals surface area contributed by atoms with E-state index in [1.165, 1.54) is 11.3 Å². The lowest BCUT2D eigenvalue weighted by Gasteiger charge is -2.09. The van der Waals surface area contributed by atoms with Gasteiger partial charge in [0.15, 0.2) is 0 Å². The second kappa shape index (κ2) is 6.43. The molecular weight excluding hydrogens is 291 g/mol. The predicted octanol–water partition coefficient (Wildman–Crippen LogP) is 2.43. The Balaban J connectivity index is 1.70. The molecule has 4 nitrogen and oxygen atoms in total. The first-order valence-electron chi connectivity index (χ1n) is 6.50. The second-order valence-electron chi connectivity index (χ2n) is 4.66. The highest BCUT2D eigenvalue weighted by atomic mass is 32.1. The number of urea groups is 1. The van der Waals surface area contributed by atoms with Gasteiger partial charge in [0.25, 0.3) is 0 Å². The number of carbonyl (C=O) groups is 1. The molecule has 2 N–H and O–H groups in total. The summed E-state index contributed by atoms with van der Waals surface area (Å²) in [5, 5.41) is 5.10. The van der Waals surface area contributed by atoms with Crippen LogP contribution in [0.2, 0.25) is 0 Å². The van der Waals surface area contributed by atoms with E-state index in [9.17, 15) is 18.0 Å². The molecular formula is C12H16F3N3OS. The number of nitrogens with one attached hydrogen (secondary N) is 2. The maximum absolute atomic E-state index is 11.9. The molecule has 0 fully saturated rings. The van der Waals surface area contributed by atoms with E-state index in [-0.39, 0.29) is 6.54 Å². The van der Waals surface area contributed by atoms with Crippen molar-refractivity contribution in [1.29, 1.82) is 0 Å². The quantitative estimate of drug-likeness (QED) is 0.897. The van der Waals surface area contributed by atoms with Crippen molar-refractivity contribution in [3.63, 3.8) is 0 Å². The molecule has 0 atom stereocenters. The first kappa shape index (κ1) is 15.1. The van der Waals surface area contributed by atoms with Crippen LogP contribution in [0.15, 0.2) is 0 Å². The number of hydrogen-bond donors (Lipinski definition) is 2. The van der Waals surface area contributed by atoms with Gasteiger partial charge in [0.2, 0.25) is 0 Å². The average Bonchev–Trinajstić information content (AvgIpc) is 2.78. The van der Waals surface area contributed by atoms with Crippen LogP contribution in [0.25, 0.3) is 0 Å². The van der Waals surface area contributed by atoms with Gasteiger partial charge in [0.05, 0.1) is 10.7 Å². The number of rotatable bonds is 4. The zero-order valence-corrected chi connectivity index (χ0v) is 11.7. The number of aryl methyl sites for hydroxylation is 2. The number of fused-ring (bicyclic) bond motifs is 1. The summed E-state index contributed by atoms with van der Waals surface area (Å²) >= 11 is 1.64. The molecule has 0 saturated heterocycles. The standard InChI is InChI=1S/C12H16F3N3OS/c13-12(14,15)7-17-11(19)16-6-5-10-18-8-3-1-2-4-9(8)20-10/h1-7H2,(H2,16,17,19). The third-order valence-electron chi connectivity index (χ3n) is 2.96.